The second kappa shape index (κ2) is 6.39. The van der Waals surface area contributed by atoms with Crippen LogP contribution in [0.4, 0.5) is 0 Å². The van der Waals surface area contributed by atoms with Gasteiger partial charge < -0.3 is 9.72 Å². The Morgan fingerprint density at radius 3 is 3.22 bits per heavy atom. The van der Waals surface area contributed by atoms with Crippen LogP contribution < -0.4 is 0 Å². The van der Waals surface area contributed by atoms with Crippen LogP contribution in [0.3, 0.4) is 0 Å². The molecule has 0 saturated carbocycles. The number of hydrogen-bond acceptors (Lipinski definition) is 5. The SMILES string of the molecule is CCOC(=O)CCCSc1ncnc2[nH]ccc12. The first kappa shape index (κ1) is 12.9. The van der Waals surface area contributed by atoms with E-state index in [0.717, 1.165) is 28.2 Å². The first-order chi connectivity index (χ1) is 8.81. The number of thioether (sulfide) groups is 1. The Hall–Kier alpha value is -1.56. The van der Waals surface area contributed by atoms with Gasteiger partial charge in [-0.05, 0) is 19.4 Å². The molecule has 0 atom stereocenters. The predicted molar refractivity (Wildman–Crippen MR) is 70.5 cm³/mol. The van der Waals surface area contributed by atoms with E-state index in [9.17, 15) is 4.79 Å². The van der Waals surface area contributed by atoms with Gasteiger partial charge in [0.15, 0.2) is 0 Å². The number of esters is 1. The third-order valence-electron chi connectivity index (χ3n) is 2.39. The number of fused-ring (bicyclic) bond motifs is 1. The van der Waals surface area contributed by atoms with Gasteiger partial charge in [0, 0.05) is 18.4 Å². The Balaban J connectivity index is 1.83. The van der Waals surface area contributed by atoms with Crippen molar-refractivity contribution in [3.05, 3.63) is 18.6 Å². The normalized spacial score (nSPS) is 10.7. The van der Waals surface area contributed by atoms with Crippen molar-refractivity contribution in [2.45, 2.75) is 24.8 Å². The molecule has 0 aliphatic rings. The van der Waals surface area contributed by atoms with Crippen molar-refractivity contribution in [2.24, 2.45) is 0 Å². The van der Waals surface area contributed by atoms with Gasteiger partial charge in [0.2, 0.25) is 0 Å². The molecule has 2 rings (SSSR count). The predicted octanol–water partition coefficient (Wildman–Crippen LogP) is 2.39. The molecule has 0 spiro atoms. The Bertz CT molecular complexity index is 527. The summed E-state index contributed by atoms with van der Waals surface area (Å²) < 4.78 is 4.87. The molecular weight excluding hydrogens is 250 g/mol. The average Bonchev–Trinajstić information content (AvgIpc) is 2.84. The number of H-pyrrole nitrogens is 1. The Morgan fingerprint density at radius 1 is 1.50 bits per heavy atom. The lowest BCUT2D eigenvalue weighted by Crippen LogP contribution is -2.03. The maximum atomic E-state index is 11.2. The minimum atomic E-state index is -0.132. The zero-order valence-electron chi connectivity index (χ0n) is 10.2. The molecule has 0 radical (unpaired) electrons. The Morgan fingerprint density at radius 2 is 2.39 bits per heavy atom. The molecular formula is C12H15N3O2S. The van der Waals surface area contributed by atoms with Crippen molar-refractivity contribution < 1.29 is 9.53 Å². The van der Waals surface area contributed by atoms with Crippen LogP contribution in [0, 0.1) is 0 Å². The topological polar surface area (TPSA) is 67.9 Å². The molecule has 2 aromatic heterocycles. The fourth-order valence-electron chi connectivity index (χ4n) is 1.58. The number of aromatic amines is 1. The molecule has 0 bridgehead atoms. The first-order valence-corrected chi connectivity index (χ1v) is 6.86. The summed E-state index contributed by atoms with van der Waals surface area (Å²) in [4.78, 5) is 22.6. The van der Waals surface area contributed by atoms with Crippen LogP contribution in [0.5, 0.6) is 0 Å². The van der Waals surface area contributed by atoms with Gasteiger partial charge in [0.05, 0.1) is 12.0 Å². The summed E-state index contributed by atoms with van der Waals surface area (Å²) in [6.07, 6.45) is 4.65. The third kappa shape index (κ3) is 3.22. The van der Waals surface area contributed by atoms with Crippen LogP contribution in [0.1, 0.15) is 19.8 Å². The van der Waals surface area contributed by atoms with E-state index in [-0.39, 0.29) is 5.97 Å². The molecule has 0 aliphatic carbocycles. The van der Waals surface area contributed by atoms with E-state index in [2.05, 4.69) is 15.0 Å². The van der Waals surface area contributed by atoms with Crippen molar-refractivity contribution in [3.8, 4) is 0 Å². The van der Waals surface area contributed by atoms with Gasteiger partial charge in [0.25, 0.3) is 0 Å². The van der Waals surface area contributed by atoms with E-state index in [1.807, 2.05) is 19.2 Å². The first-order valence-electron chi connectivity index (χ1n) is 5.87. The van der Waals surface area contributed by atoms with Crippen LogP contribution in [-0.2, 0) is 9.53 Å². The highest BCUT2D eigenvalue weighted by atomic mass is 32.2. The molecule has 2 aromatic rings. The fourth-order valence-corrected chi connectivity index (χ4v) is 2.51. The van der Waals surface area contributed by atoms with Crippen LogP contribution in [-0.4, -0.2) is 33.3 Å². The molecule has 2 heterocycles. The number of aromatic nitrogens is 3. The summed E-state index contributed by atoms with van der Waals surface area (Å²) in [6.45, 7) is 2.26. The van der Waals surface area contributed by atoms with Gasteiger partial charge in [-0.15, -0.1) is 11.8 Å². The molecule has 0 fully saturated rings. The van der Waals surface area contributed by atoms with E-state index in [1.54, 1.807) is 18.1 Å². The molecule has 96 valence electrons. The number of nitrogens with one attached hydrogen (secondary N) is 1. The van der Waals surface area contributed by atoms with E-state index in [0.29, 0.717) is 13.0 Å². The van der Waals surface area contributed by atoms with Crippen LogP contribution >= 0.6 is 11.8 Å². The van der Waals surface area contributed by atoms with Crippen molar-refractivity contribution in [1.29, 1.82) is 0 Å². The van der Waals surface area contributed by atoms with Crippen LogP contribution in [0.15, 0.2) is 23.6 Å². The quantitative estimate of drug-likeness (QED) is 0.376. The highest BCUT2D eigenvalue weighted by Crippen LogP contribution is 2.24. The van der Waals surface area contributed by atoms with Gasteiger partial charge in [-0.3, -0.25) is 4.79 Å². The monoisotopic (exact) mass is 265 g/mol. The summed E-state index contributed by atoms with van der Waals surface area (Å²) >= 11 is 1.64. The summed E-state index contributed by atoms with van der Waals surface area (Å²) in [5.41, 5.74) is 0.845. The summed E-state index contributed by atoms with van der Waals surface area (Å²) in [5.74, 6) is 0.711. The molecule has 0 aliphatic heterocycles. The van der Waals surface area contributed by atoms with Crippen molar-refractivity contribution in [3.63, 3.8) is 0 Å². The largest absolute Gasteiger partial charge is 0.466 e. The minimum absolute atomic E-state index is 0.132. The van der Waals surface area contributed by atoms with Crippen molar-refractivity contribution >= 4 is 28.8 Å². The lowest BCUT2D eigenvalue weighted by Gasteiger charge is -2.02. The molecule has 1 N–H and O–H groups in total. The average molecular weight is 265 g/mol. The number of carbonyl (C=O) groups excluding carboxylic acids is 1. The van der Waals surface area contributed by atoms with E-state index in [4.69, 9.17) is 4.74 Å². The molecule has 18 heavy (non-hydrogen) atoms. The highest BCUT2D eigenvalue weighted by molar-refractivity contribution is 7.99. The second-order valence-corrected chi connectivity index (χ2v) is 4.76. The van der Waals surface area contributed by atoms with Crippen LogP contribution in [0.2, 0.25) is 0 Å². The molecule has 0 saturated heterocycles. The fraction of sp³-hybridized carbons (Fsp3) is 0.417. The number of carbonyl (C=O) groups is 1. The van der Waals surface area contributed by atoms with Gasteiger partial charge in [-0.2, -0.15) is 0 Å². The molecule has 5 nitrogen and oxygen atoms in total. The van der Waals surface area contributed by atoms with E-state index >= 15 is 0 Å². The third-order valence-corrected chi connectivity index (χ3v) is 3.48. The molecule has 0 aromatic carbocycles. The van der Waals surface area contributed by atoms with Crippen molar-refractivity contribution in [1.82, 2.24) is 15.0 Å². The highest BCUT2D eigenvalue weighted by Gasteiger charge is 2.06. The molecule has 6 heteroatoms. The maximum absolute atomic E-state index is 11.2. The zero-order chi connectivity index (χ0) is 12.8. The van der Waals surface area contributed by atoms with Gasteiger partial charge in [0.1, 0.15) is 17.0 Å². The summed E-state index contributed by atoms with van der Waals surface area (Å²) in [5, 5.41) is 1.98. The zero-order valence-corrected chi connectivity index (χ0v) is 11.0. The minimum Gasteiger partial charge on any atom is -0.466 e. The van der Waals surface area contributed by atoms with Crippen molar-refractivity contribution in [2.75, 3.05) is 12.4 Å². The second-order valence-electron chi connectivity index (χ2n) is 3.68. The Kier molecular flexibility index (Phi) is 4.58. The van der Waals surface area contributed by atoms with E-state index in [1.165, 1.54) is 0 Å². The standard InChI is InChI=1S/C12H15N3O2S/c1-2-17-10(16)4-3-7-18-12-9-5-6-13-11(9)14-8-15-12/h5-6,8H,2-4,7H2,1H3,(H,13,14,15). The van der Waals surface area contributed by atoms with E-state index < -0.39 is 0 Å². The van der Waals surface area contributed by atoms with Gasteiger partial charge in [-0.1, -0.05) is 0 Å². The number of nitrogens with zero attached hydrogens (tertiary/aromatic N) is 2. The Labute approximate surface area is 109 Å². The van der Waals surface area contributed by atoms with Gasteiger partial charge >= 0.3 is 5.97 Å². The lowest BCUT2D eigenvalue weighted by atomic mass is 10.3. The van der Waals surface area contributed by atoms with Crippen LogP contribution in [0.25, 0.3) is 11.0 Å². The smallest absolute Gasteiger partial charge is 0.305 e. The number of hydrogen-bond donors (Lipinski definition) is 1. The lowest BCUT2D eigenvalue weighted by molar-refractivity contribution is -0.143. The summed E-state index contributed by atoms with van der Waals surface area (Å²) in [6, 6.07) is 1.96. The number of ether oxygens (including phenoxy) is 1. The summed E-state index contributed by atoms with van der Waals surface area (Å²) in [7, 11) is 0. The van der Waals surface area contributed by atoms with Gasteiger partial charge in [-0.25, -0.2) is 9.97 Å². The number of rotatable bonds is 6. The molecule has 0 unspecified atom stereocenters. The maximum Gasteiger partial charge on any atom is 0.305 e. The molecule has 0 amide bonds.